The van der Waals surface area contributed by atoms with Crippen molar-refractivity contribution in [1.29, 1.82) is 0 Å². The zero-order chi connectivity index (χ0) is 22.5. The van der Waals surface area contributed by atoms with Gasteiger partial charge in [-0.15, -0.1) is 0 Å². The summed E-state index contributed by atoms with van der Waals surface area (Å²) in [7, 11) is 2.58. The van der Waals surface area contributed by atoms with E-state index in [9.17, 15) is 19.5 Å². The molecule has 0 radical (unpaired) electrons. The minimum Gasteiger partial charge on any atom is -0.493 e. The molecule has 0 fully saturated rings. The highest BCUT2D eigenvalue weighted by Crippen LogP contribution is 2.36. The van der Waals surface area contributed by atoms with Crippen molar-refractivity contribution in [3.63, 3.8) is 0 Å². The zero-order valence-electron chi connectivity index (χ0n) is 16.8. The highest BCUT2D eigenvalue weighted by molar-refractivity contribution is 5.72. The molecule has 0 saturated heterocycles. The largest absolute Gasteiger partial charge is 0.493 e. The Morgan fingerprint density at radius 1 is 1.16 bits per heavy atom. The van der Waals surface area contributed by atoms with E-state index in [1.54, 1.807) is 24.3 Å². The van der Waals surface area contributed by atoms with Crippen molar-refractivity contribution in [3.8, 4) is 17.4 Å². The second-order valence-electron chi connectivity index (χ2n) is 6.51. The first kappa shape index (κ1) is 21.6. The number of rotatable bonds is 8. The summed E-state index contributed by atoms with van der Waals surface area (Å²) in [6.45, 7) is -0.571. The lowest BCUT2D eigenvalue weighted by atomic mass is 9.89. The monoisotopic (exact) mass is 428 g/mol. The van der Waals surface area contributed by atoms with Gasteiger partial charge >= 0.3 is 11.9 Å². The molecule has 0 saturated carbocycles. The van der Waals surface area contributed by atoms with Crippen molar-refractivity contribution >= 4 is 17.6 Å². The summed E-state index contributed by atoms with van der Waals surface area (Å²) in [6.07, 6.45) is 1.25. The lowest BCUT2D eigenvalue weighted by molar-refractivity contribution is -0.141. The molecule has 10 nitrogen and oxygen atoms in total. The van der Waals surface area contributed by atoms with E-state index in [0.717, 1.165) is 0 Å². The predicted molar refractivity (Wildman–Crippen MR) is 108 cm³/mol. The van der Waals surface area contributed by atoms with Gasteiger partial charge in [0.25, 0.3) is 5.56 Å². The molecule has 0 spiro atoms. The minimum absolute atomic E-state index is 0.0876. The number of hydrogen-bond acceptors (Lipinski definition) is 8. The average molecular weight is 428 g/mol. The molecule has 0 aliphatic rings. The number of pyridine rings is 1. The van der Waals surface area contributed by atoms with E-state index in [-0.39, 0.29) is 29.1 Å². The quantitative estimate of drug-likeness (QED) is 0.512. The fourth-order valence-electron chi connectivity index (χ4n) is 3.19. The first-order valence-corrected chi connectivity index (χ1v) is 9.15. The molecular formula is C21H20N2O8. The lowest BCUT2D eigenvalue weighted by Gasteiger charge is -2.19. The van der Waals surface area contributed by atoms with Crippen LogP contribution in [-0.2, 0) is 14.3 Å². The summed E-state index contributed by atoms with van der Waals surface area (Å²) in [6, 6.07) is 9.40. The maximum Gasteiger partial charge on any atom is 0.341 e. The van der Waals surface area contributed by atoms with Crippen LogP contribution in [0, 0.1) is 0 Å². The molecule has 2 heterocycles. The number of hydrogen-bond donors (Lipinski definition) is 2. The molecule has 0 amide bonds. The number of fused-ring (bicyclic) bond motifs is 1. The fraction of sp³-hybridized carbons (Fsp3) is 0.238. The van der Waals surface area contributed by atoms with Gasteiger partial charge in [-0.1, -0.05) is 12.1 Å². The Bertz CT molecular complexity index is 1190. The van der Waals surface area contributed by atoms with Gasteiger partial charge in [0, 0.05) is 12.1 Å². The SMILES string of the molecule is COC(=O)C[C@@H](c1ccc(OCC(=O)O)c(OC)c1)c1c(O)nc2ccccn2c1=O. The molecule has 3 rings (SSSR count). The molecule has 2 aromatic heterocycles. The van der Waals surface area contributed by atoms with E-state index in [1.165, 1.54) is 36.9 Å². The maximum absolute atomic E-state index is 13.1. The van der Waals surface area contributed by atoms with Crippen molar-refractivity contribution < 1.29 is 34.0 Å². The molecule has 0 aliphatic carbocycles. The van der Waals surface area contributed by atoms with Gasteiger partial charge in [-0.3, -0.25) is 14.0 Å². The number of carboxylic acids is 1. The van der Waals surface area contributed by atoms with Crippen LogP contribution in [0.25, 0.3) is 5.65 Å². The van der Waals surface area contributed by atoms with Crippen LogP contribution in [0.4, 0.5) is 0 Å². The van der Waals surface area contributed by atoms with Gasteiger partial charge in [0.1, 0.15) is 5.65 Å². The standard InChI is InChI=1S/C21H20N2O8/c1-29-15-9-12(6-7-14(15)31-11-17(24)25)13(10-18(26)30-2)19-20(27)22-16-5-3-4-8-23(16)21(19)28/h3-9,13,27H,10-11H2,1-2H3,(H,24,25)/t13-/m0/s1. The van der Waals surface area contributed by atoms with Crippen LogP contribution in [-0.4, -0.2) is 52.4 Å². The van der Waals surface area contributed by atoms with Gasteiger partial charge in [0.2, 0.25) is 5.88 Å². The molecule has 10 heteroatoms. The normalized spacial score (nSPS) is 11.7. The maximum atomic E-state index is 13.1. The Labute approximate surface area is 176 Å². The third kappa shape index (κ3) is 4.58. The molecule has 31 heavy (non-hydrogen) atoms. The molecule has 0 unspecified atom stereocenters. The summed E-state index contributed by atoms with van der Waals surface area (Å²) >= 11 is 0. The molecule has 2 N–H and O–H groups in total. The highest BCUT2D eigenvalue weighted by Gasteiger charge is 2.28. The van der Waals surface area contributed by atoms with Crippen molar-refractivity contribution in [3.05, 3.63) is 64.1 Å². The van der Waals surface area contributed by atoms with Crippen molar-refractivity contribution in [1.82, 2.24) is 9.38 Å². The number of carboxylic acid groups (broad SMARTS) is 1. The number of aliphatic carboxylic acids is 1. The van der Waals surface area contributed by atoms with Crippen molar-refractivity contribution in [2.45, 2.75) is 12.3 Å². The van der Waals surface area contributed by atoms with Gasteiger partial charge in [0.05, 0.1) is 26.2 Å². The first-order chi connectivity index (χ1) is 14.8. The Kier molecular flexibility index (Phi) is 6.39. The average Bonchev–Trinajstić information content (AvgIpc) is 2.76. The van der Waals surface area contributed by atoms with Gasteiger partial charge in [-0.2, -0.15) is 4.98 Å². The van der Waals surface area contributed by atoms with E-state index in [4.69, 9.17) is 19.3 Å². The third-order valence-electron chi connectivity index (χ3n) is 4.64. The van der Waals surface area contributed by atoms with Crippen LogP contribution in [0.5, 0.6) is 17.4 Å². The van der Waals surface area contributed by atoms with Crippen LogP contribution in [0.3, 0.4) is 0 Å². The summed E-state index contributed by atoms with van der Waals surface area (Å²) < 4.78 is 16.5. The Morgan fingerprint density at radius 2 is 1.94 bits per heavy atom. The molecule has 162 valence electrons. The van der Waals surface area contributed by atoms with E-state index in [0.29, 0.717) is 5.56 Å². The summed E-state index contributed by atoms with van der Waals surface area (Å²) in [5.41, 5.74) is 0.0631. The van der Waals surface area contributed by atoms with Gasteiger partial charge in [0.15, 0.2) is 18.1 Å². The third-order valence-corrected chi connectivity index (χ3v) is 4.64. The molecule has 0 bridgehead atoms. The number of carbonyl (C=O) groups excluding carboxylic acids is 1. The second-order valence-corrected chi connectivity index (χ2v) is 6.51. The van der Waals surface area contributed by atoms with E-state index in [1.807, 2.05) is 0 Å². The fourth-order valence-corrected chi connectivity index (χ4v) is 3.19. The van der Waals surface area contributed by atoms with Gasteiger partial charge < -0.3 is 24.4 Å². The topological polar surface area (TPSA) is 137 Å². The number of nitrogens with zero attached hydrogens (tertiary/aromatic N) is 2. The molecular weight excluding hydrogens is 408 g/mol. The van der Waals surface area contributed by atoms with E-state index < -0.39 is 35.9 Å². The second kappa shape index (κ2) is 9.16. The van der Waals surface area contributed by atoms with E-state index >= 15 is 0 Å². The molecule has 0 aliphatic heterocycles. The highest BCUT2D eigenvalue weighted by atomic mass is 16.5. The minimum atomic E-state index is -1.16. The zero-order valence-corrected chi connectivity index (χ0v) is 16.8. The van der Waals surface area contributed by atoms with Gasteiger partial charge in [-0.05, 0) is 29.8 Å². The number of aromatic nitrogens is 2. The van der Waals surface area contributed by atoms with Crippen LogP contribution < -0.4 is 15.0 Å². The summed E-state index contributed by atoms with van der Waals surface area (Å²) in [5, 5.41) is 19.4. The van der Waals surface area contributed by atoms with E-state index in [2.05, 4.69) is 4.98 Å². The molecule has 3 aromatic rings. The first-order valence-electron chi connectivity index (χ1n) is 9.15. The van der Waals surface area contributed by atoms with Crippen molar-refractivity contribution in [2.24, 2.45) is 0 Å². The summed E-state index contributed by atoms with van der Waals surface area (Å²) in [5.74, 6) is -2.81. The van der Waals surface area contributed by atoms with Crippen LogP contribution in [0.2, 0.25) is 0 Å². The number of methoxy groups -OCH3 is 2. The summed E-state index contributed by atoms with van der Waals surface area (Å²) in [4.78, 5) is 40.1. The predicted octanol–water partition coefficient (Wildman–Crippen LogP) is 1.57. The molecule has 1 aromatic carbocycles. The van der Waals surface area contributed by atoms with Gasteiger partial charge in [-0.25, -0.2) is 4.79 Å². The smallest absolute Gasteiger partial charge is 0.341 e. The number of ether oxygens (including phenoxy) is 3. The van der Waals surface area contributed by atoms with Crippen LogP contribution >= 0.6 is 0 Å². The Balaban J connectivity index is 2.15. The van der Waals surface area contributed by atoms with Crippen molar-refractivity contribution in [2.75, 3.05) is 20.8 Å². The molecule has 1 atom stereocenters. The lowest BCUT2D eigenvalue weighted by Crippen LogP contribution is -2.24. The number of benzene rings is 1. The Morgan fingerprint density at radius 3 is 2.61 bits per heavy atom. The number of esters is 1. The number of carbonyl (C=O) groups is 2. The number of aromatic hydroxyl groups is 1. The van der Waals surface area contributed by atoms with Crippen LogP contribution in [0.1, 0.15) is 23.5 Å². The Hall–Kier alpha value is -4.08. The van der Waals surface area contributed by atoms with Crippen LogP contribution in [0.15, 0.2) is 47.4 Å².